The zero-order valence-corrected chi connectivity index (χ0v) is 13.4. The number of nitrogens with one attached hydrogen (secondary N) is 2. The number of aromatic amines is 1. The predicted octanol–water partition coefficient (Wildman–Crippen LogP) is 3.64. The number of hydrogen-bond acceptors (Lipinski definition) is 2. The fourth-order valence-corrected chi connectivity index (χ4v) is 2.53. The summed E-state index contributed by atoms with van der Waals surface area (Å²) in [6.07, 6.45) is 5.33. The maximum absolute atomic E-state index is 4.05. The molecule has 0 aliphatic heterocycles. The Hall–Kier alpha value is -1.61. The van der Waals surface area contributed by atoms with E-state index in [1.54, 1.807) is 0 Å². The second-order valence-corrected chi connectivity index (χ2v) is 6.22. The highest BCUT2D eigenvalue weighted by atomic mass is 15.1. The summed E-state index contributed by atoms with van der Waals surface area (Å²) in [7, 11) is 0. The molecule has 0 fully saturated rings. The lowest BCUT2D eigenvalue weighted by Crippen LogP contribution is -2.15. The van der Waals surface area contributed by atoms with Crippen molar-refractivity contribution in [3.63, 3.8) is 0 Å². The quantitative estimate of drug-likeness (QED) is 0.727. The SMILES string of the molecule is Cc1[nH]ncc1CCCNCc1ccc(CC(C)C)cc1. The van der Waals surface area contributed by atoms with Gasteiger partial charge in [0, 0.05) is 12.2 Å². The van der Waals surface area contributed by atoms with Crippen LogP contribution >= 0.6 is 0 Å². The van der Waals surface area contributed by atoms with E-state index in [0.717, 1.165) is 38.3 Å². The second-order valence-electron chi connectivity index (χ2n) is 6.22. The molecule has 2 rings (SSSR count). The lowest BCUT2D eigenvalue weighted by Gasteiger charge is -2.08. The van der Waals surface area contributed by atoms with Crippen molar-refractivity contribution in [1.29, 1.82) is 0 Å². The van der Waals surface area contributed by atoms with E-state index in [-0.39, 0.29) is 0 Å². The van der Waals surface area contributed by atoms with Crippen molar-refractivity contribution in [2.45, 2.75) is 46.6 Å². The van der Waals surface area contributed by atoms with Crippen LogP contribution in [0.3, 0.4) is 0 Å². The van der Waals surface area contributed by atoms with E-state index >= 15 is 0 Å². The molecule has 0 atom stereocenters. The van der Waals surface area contributed by atoms with Crippen LogP contribution in [0.5, 0.6) is 0 Å². The molecule has 3 nitrogen and oxygen atoms in total. The largest absolute Gasteiger partial charge is 0.313 e. The Balaban J connectivity index is 1.65. The van der Waals surface area contributed by atoms with E-state index < -0.39 is 0 Å². The molecule has 0 spiro atoms. The number of aromatic nitrogens is 2. The van der Waals surface area contributed by atoms with E-state index in [9.17, 15) is 0 Å². The molecule has 2 aromatic rings. The van der Waals surface area contributed by atoms with Gasteiger partial charge in [0.25, 0.3) is 0 Å². The van der Waals surface area contributed by atoms with Crippen molar-refractivity contribution in [3.8, 4) is 0 Å². The molecule has 1 aromatic heterocycles. The van der Waals surface area contributed by atoms with Gasteiger partial charge in [0.15, 0.2) is 0 Å². The van der Waals surface area contributed by atoms with Crippen molar-refractivity contribution in [2.24, 2.45) is 5.92 Å². The maximum Gasteiger partial charge on any atom is 0.0522 e. The molecule has 0 amide bonds. The van der Waals surface area contributed by atoms with Crippen molar-refractivity contribution >= 4 is 0 Å². The predicted molar refractivity (Wildman–Crippen MR) is 88.3 cm³/mol. The van der Waals surface area contributed by atoms with Crippen molar-refractivity contribution in [1.82, 2.24) is 15.5 Å². The number of hydrogen-bond donors (Lipinski definition) is 2. The van der Waals surface area contributed by atoms with Crippen LogP contribution in [-0.2, 0) is 19.4 Å². The fourth-order valence-electron chi connectivity index (χ4n) is 2.53. The van der Waals surface area contributed by atoms with Gasteiger partial charge in [0.1, 0.15) is 0 Å². The van der Waals surface area contributed by atoms with Crippen molar-refractivity contribution in [3.05, 3.63) is 52.8 Å². The van der Waals surface area contributed by atoms with Crippen LogP contribution in [-0.4, -0.2) is 16.7 Å². The molecule has 3 heteroatoms. The van der Waals surface area contributed by atoms with Crippen LogP contribution in [0.15, 0.2) is 30.5 Å². The standard InChI is InChI=1S/C18H27N3/c1-14(2)11-16-6-8-17(9-7-16)12-19-10-4-5-18-13-20-21-15(18)3/h6-9,13-14,19H,4-5,10-12H2,1-3H3,(H,20,21). The Morgan fingerprint density at radius 1 is 1.14 bits per heavy atom. The lowest BCUT2D eigenvalue weighted by atomic mass is 10.0. The Labute approximate surface area is 128 Å². The van der Waals surface area contributed by atoms with Crippen LogP contribution < -0.4 is 5.32 Å². The van der Waals surface area contributed by atoms with Crippen LogP contribution in [0.4, 0.5) is 0 Å². The molecule has 21 heavy (non-hydrogen) atoms. The number of rotatable bonds is 8. The van der Waals surface area contributed by atoms with E-state index in [2.05, 4.69) is 60.6 Å². The van der Waals surface area contributed by atoms with Gasteiger partial charge in [-0.2, -0.15) is 5.10 Å². The summed E-state index contributed by atoms with van der Waals surface area (Å²) in [5.41, 5.74) is 5.32. The summed E-state index contributed by atoms with van der Waals surface area (Å²) in [4.78, 5) is 0. The summed E-state index contributed by atoms with van der Waals surface area (Å²) >= 11 is 0. The Kier molecular flexibility index (Phi) is 6.00. The lowest BCUT2D eigenvalue weighted by molar-refractivity contribution is 0.642. The van der Waals surface area contributed by atoms with Gasteiger partial charge in [-0.3, -0.25) is 5.10 Å². The van der Waals surface area contributed by atoms with Gasteiger partial charge >= 0.3 is 0 Å². The third-order valence-electron chi connectivity index (χ3n) is 3.73. The Morgan fingerprint density at radius 3 is 2.48 bits per heavy atom. The molecular formula is C18H27N3. The van der Waals surface area contributed by atoms with E-state index in [4.69, 9.17) is 0 Å². The average molecular weight is 285 g/mol. The first kappa shape index (κ1) is 15.8. The molecule has 1 heterocycles. The molecule has 114 valence electrons. The first-order valence-electron chi connectivity index (χ1n) is 7.92. The topological polar surface area (TPSA) is 40.7 Å². The summed E-state index contributed by atoms with van der Waals surface area (Å²) < 4.78 is 0. The minimum Gasteiger partial charge on any atom is -0.313 e. The third-order valence-corrected chi connectivity index (χ3v) is 3.73. The van der Waals surface area contributed by atoms with Gasteiger partial charge in [-0.05, 0) is 55.3 Å². The molecule has 0 saturated heterocycles. The van der Waals surface area contributed by atoms with E-state index in [0.29, 0.717) is 0 Å². The van der Waals surface area contributed by atoms with Gasteiger partial charge in [0.2, 0.25) is 0 Å². The minimum absolute atomic E-state index is 0.723. The summed E-state index contributed by atoms with van der Waals surface area (Å²) in [6, 6.07) is 8.99. The van der Waals surface area contributed by atoms with E-state index in [1.165, 1.54) is 22.4 Å². The van der Waals surface area contributed by atoms with Gasteiger partial charge in [-0.15, -0.1) is 0 Å². The van der Waals surface area contributed by atoms with Crippen LogP contribution in [0, 0.1) is 12.8 Å². The molecule has 0 aliphatic rings. The van der Waals surface area contributed by atoms with Crippen LogP contribution in [0.1, 0.15) is 42.7 Å². The Morgan fingerprint density at radius 2 is 1.86 bits per heavy atom. The van der Waals surface area contributed by atoms with Gasteiger partial charge < -0.3 is 5.32 Å². The highest BCUT2D eigenvalue weighted by molar-refractivity contribution is 5.22. The van der Waals surface area contributed by atoms with Gasteiger partial charge in [-0.1, -0.05) is 38.1 Å². The summed E-state index contributed by atoms with van der Waals surface area (Å²) in [5, 5.41) is 10.5. The molecule has 1 aromatic carbocycles. The molecule has 0 saturated carbocycles. The first-order chi connectivity index (χ1) is 10.1. The number of aryl methyl sites for hydroxylation is 2. The summed E-state index contributed by atoms with van der Waals surface area (Å²) in [5.74, 6) is 0.723. The molecule has 0 aliphatic carbocycles. The number of benzene rings is 1. The molecule has 0 bridgehead atoms. The molecular weight excluding hydrogens is 258 g/mol. The Bertz CT molecular complexity index is 526. The summed E-state index contributed by atoms with van der Waals surface area (Å²) in [6.45, 7) is 8.59. The monoisotopic (exact) mass is 285 g/mol. The fraction of sp³-hybridized carbons (Fsp3) is 0.500. The second kappa shape index (κ2) is 7.99. The average Bonchev–Trinajstić information content (AvgIpc) is 2.85. The first-order valence-corrected chi connectivity index (χ1v) is 7.92. The highest BCUT2D eigenvalue weighted by Gasteiger charge is 2.00. The zero-order chi connectivity index (χ0) is 15.1. The van der Waals surface area contributed by atoms with Crippen molar-refractivity contribution in [2.75, 3.05) is 6.54 Å². The van der Waals surface area contributed by atoms with Crippen LogP contribution in [0.25, 0.3) is 0 Å². The zero-order valence-electron chi connectivity index (χ0n) is 13.4. The van der Waals surface area contributed by atoms with Crippen molar-refractivity contribution < 1.29 is 0 Å². The smallest absolute Gasteiger partial charge is 0.0522 e. The third kappa shape index (κ3) is 5.35. The molecule has 0 unspecified atom stereocenters. The molecule has 0 radical (unpaired) electrons. The minimum atomic E-state index is 0.723. The van der Waals surface area contributed by atoms with E-state index in [1.807, 2.05) is 6.20 Å². The van der Waals surface area contributed by atoms with Gasteiger partial charge in [0.05, 0.1) is 6.20 Å². The number of nitrogens with zero attached hydrogens (tertiary/aromatic N) is 1. The normalized spacial score (nSPS) is 11.2. The van der Waals surface area contributed by atoms with Crippen LogP contribution in [0.2, 0.25) is 0 Å². The number of H-pyrrole nitrogens is 1. The van der Waals surface area contributed by atoms with Gasteiger partial charge in [-0.25, -0.2) is 0 Å². The molecule has 2 N–H and O–H groups in total. The maximum atomic E-state index is 4.05. The highest BCUT2D eigenvalue weighted by Crippen LogP contribution is 2.10.